The SMILES string of the molecule is OC[C@@H]1O[C@H](OCCF)[C@@H](O[C@H]2O[C@H](CO)[C@@H](O)[C@H](O)[C@@H]2O)[C@@H](O)[C@@H]1O. The second-order valence-corrected chi connectivity index (χ2v) is 6.06. The largest absolute Gasteiger partial charge is 0.394 e. The van der Waals surface area contributed by atoms with Crippen LogP contribution in [0.1, 0.15) is 0 Å². The molecule has 0 aromatic heterocycles. The van der Waals surface area contributed by atoms with Gasteiger partial charge in [0.1, 0.15) is 55.5 Å². The molecule has 0 bridgehead atoms. The fourth-order valence-corrected chi connectivity index (χ4v) is 2.83. The van der Waals surface area contributed by atoms with Crippen molar-refractivity contribution in [2.45, 2.75) is 61.4 Å². The van der Waals surface area contributed by atoms with E-state index in [1.54, 1.807) is 0 Å². The molecule has 0 spiro atoms. The highest BCUT2D eigenvalue weighted by molar-refractivity contribution is 4.93. The maximum atomic E-state index is 12.4. The minimum Gasteiger partial charge on any atom is -0.394 e. The summed E-state index contributed by atoms with van der Waals surface area (Å²) in [7, 11) is 0. The van der Waals surface area contributed by atoms with E-state index in [0.717, 1.165) is 0 Å². The van der Waals surface area contributed by atoms with Gasteiger partial charge in [-0.1, -0.05) is 0 Å². The predicted octanol–water partition coefficient (Wildman–Crippen LogP) is -4.40. The van der Waals surface area contributed by atoms with Crippen LogP contribution in [0.2, 0.25) is 0 Å². The molecule has 2 saturated heterocycles. The molecule has 0 radical (unpaired) electrons. The maximum Gasteiger partial charge on any atom is 0.187 e. The second-order valence-electron chi connectivity index (χ2n) is 6.06. The smallest absolute Gasteiger partial charge is 0.187 e. The molecule has 2 rings (SSSR count). The van der Waals surface area contributed by atoms with Gasteiger partial charge < -0.3 is 54.7 Å². The maximum absolute atomic E-state index is 12.4. The summed E-state index contributed by atoms with van der Waals surface area (Å²) in [6.07, 6.45) is -15.3. The van der Waals surface area contributed by atoms with Crippen LogP contribution in [0.25, 0.3) is 0 Å². The molecule has 2 aliphatic rings. The number of alkyl halides is 1. The van der Waals surface area contributed by atoms with Crippen molar-refractivity contribution < 1.29 is 59.1 Å². The molecule has 2 aliphatic heterocycles. The average Bonchev–Trinajstić information content (AvgIpc) is 2.64. The minimum atomic E-state index is -1.76. The quantitative estimate of drug-likeness (QED) is 0.224. The summed E-state index contributed by atoms with van der Waals surface area (Å²) in [6.45, 7) is -2.65. The number of ether oxygens (including phenoxy) is 4. The molecule has 0 unspecified atom stereocenters. The molecule has 2 heterocycles. The fraction of sp³-hybridized carbons (Fsp3) is 1.00. The van der Waals surface area contributed by atoms with Gasteiger partial charge in [0, 0.05) is 0 Å². The zero-order valence-electron chi connectivity index (χ0n) is 13.7. The van der Waals surface area contributed by atoms with Crippen molar-refractivity contribution in [2.24, 2.45) is 0 Å². The Balaban J connectivity index is 2.14. The van der Waals surface area contributed by atoms with E-state index in [1.807, 2.05) is 0 Å². The third-order valence-electron chi connectivity index (χ3n) is 4.32. The van der Waals surface area contributed by atoms with E-state index < -0.39 is 87.9 Å². The third-order valence-corrected chi connectivity index (χ3v) is 4.32. The van der Waals surface area contributed by atoms with Gasteiger partial charge in [-0.15, -0.1) is 0 Å². The Hall–Kier alpha value is -0.510. The van der Waals surface area contributed by atoms with Crippen molar-refractivity contribution in [1.29, 1.82) is 0 Å². The normalized spacial score (nSPS) is 47.1. The number of rotatable bonds is 7. The van der Waals surface area contributed by atoms with Crippen LogP contribution in [-0.2, 0) is 18.9 Å². The highest BCUT2D eigenvalue weighted by Gasteiger charge is 2.50. The number of hydrogen-bond acceptors (Lipinski definition) is 11. The summed E-state index contributed by atoms with van der Waals surface area (Å²) in [6, 6.07) is 0. The van der Waals surface area contributed by atoms with Gasteiger partial charge in [0.15, 0.2) is 12.6 Å². The van der Waals surface area contributed by atoms with Crippen molar-refractivity contribution >= 4 is 0 Å². The molecule has 11 nitrogen and oxygen atoms in total. The summed E-state index contributed by atoms with van der Waals surface area (Å²) in [5, 5.41) is 68.1. The van der Waals surface area contributed by atoms with Crippen LogP contribution < -0.4 is 0 Å². The van der Waals surface area contributed by atoms with Crippen LogP contribution in [0.3, 0.4) is 0 Å². The first kappa shape index (κ1) is 21.8. The molecular weight excluding hydrogens is 363 g/mol. The molecule has 0 aromatic carbocycles. The fourth-order valence-electron chi connectivity index (χ4n) is 2.83. The minimum absolute atomic E-state index is 0.430. The Morgan fingerprint density at radius 2 is 1.27 bits per heavy atom. The van der Waals surface area contributed by atoms with Gasteiger partial charge in [0.25, 0.3) is 0 Å². The molecule has 10 atom stereocenters. The van der Waals surface area contributed by atoms with E-state index in [9.17, 15) is 40.1 Å². The van der Waals surface area contributed by atoms with E-state index >= 15 is 0 Å². The molecule has 7 N–H and O–H groups in total. The van der Waals surface area contributed by atoms with Gasteiger partial charge in [-0.3, -0.25) is 0 Å². The lowest BCUT2D eigenvalue weighted by Gasteiger charge is -2.45. The summed E-state index contributed by atoms with van der Waals surface area (Å²) in [5.74, 6) is 0. The summed E-state index contributed by atoms with van der Waals surface area (Å²) >= 11 is 0. The van der Waals surface area contributed by atoms with Crippen molar-refractivity contribution in [3.05, 3.63) is 0 Å². The zero-order valence-corrected chi connectivity index (χ0v) is 13.7. The molecule has 12 heteroatoms. The molecule has 0 amide bonds. The van der Waals surface area contributed by atoms with Crippen molar-refractivity contribution in [2.75, 3.05) is 26.5 Å². The highest BCUT2D eigenvalue weighted by atomic mass is 19.1. The lowest BCUT2D eigenvalue weighted by molar-refractivity contribution is -0.367. The van der Waals surface area contributed by atoms with Crippen molar-refractivity contribution in [3.8, 4) is 0 Å². The standard InChI is InChI=1S/C14H25FO11/c15-1-2-23-14-12(10(21)8(19)6(4-17)25-14)26-13-11(22)9(20)7(18)5(3-16)24-13/h5-14,16-22H,1-4H2/t5-,6+,7-,8-,9+,10+,11+,12+,13-,14+/m1/s1. The summed E-state index contributed by atoms with van der Waals surface area (Å²) < 4.78 is 33.2. The van der Waals surface area contributed by atoms with Crippen molar-refractivity contribution in [3.63, 3.8) is 0 Å². The first-order valence-electron chi connectivity index (χ1n) is 8.11. The zero-order chi connectivity index (χ0) is 19.4. The Bertz CT molecular complexity index is 428. The number of hydrogen-bond donors (Lipinski definition) is 7. The Morgan fingerprint density at radius 1 is 0.731 bits per heavy atom. The summed E-state index contributed by atoms with van der Waals surface area (Å²) in [5.41, 5.74) is 0. The molecule has 26 heavy (non-hydrogen) atoms. The summed E-state index contributed by atoms with van der Waals surface area (Å²) in [4.78, 5) is 0. The molecule has 2 fully saturated rings. The van der Waals surface area contributed by atoms with Crippen LogP contribution in [0.15, 0.2) is 0 Å². The predicted molar refractivity (Wildman–Crippen MR) is 78.3 cm³/mol. The van der Waals surface area contributed by atoms with E-state index in [0.29, 0.717) is 0 Å². The monoisotopic (exact) mass is 388 g/mol. The molecule has 0 saturated carbocycles. The lowest BCUT2D eigenvalue weighted by atomic mass is 9.97. The van der Waals surface area contributed by atoms with Gasteiger partial charge in [0.05, 0.1) is 19.8 Å². The van der Waals surface area contributed by atoms with Gasteiger partial charge in [-0.2, -0.15) is 0 Å². The average molecular weight is 388 g/mol. The van der Waals surface area contributed by atoms with E-state index in [-0.39, 0.29) is 0 Å². The third kappa shape index (κ3) is 4.48. The first-order chi connectivity index (χ1) is 12.3. The van der Waals surface area contributed by atoms with E-state index in [2.05, 4.69) is 0 Å². The van der Waals surface area contributed by atoms with E-state index in [4.69, 9.17) is 18.9 Å². The Morgan fingerprint density at radius 3 is 1.81 bits per heavy atom. The van der Waals surface area contributed by atoms with Gasteiger partial charge >= 0.3 is 0 Å². The molecule has 0 aliphatic carbocycles. The number of aliphatic hydroxyl groups excluding tert-OH is 7. The van der Waals surface area contributed by atoms with Crippen LogP contribution in [-0.4, -0.2) is 124 Å². The molecular formula is C14H25FO11. The van der Waals surface area contributed by atoms with Gasteiger partial charge in [-0.25, -0.2) is 4.39 Å². The molecule has 154 valence electrons. The lowest BCUT2D eigenvalue weighted by Crippen LogP contribution is -2.64. The number of aliphatic hydroxyl groups is 7. The topological polar surface area (TPSA) is 179 Å². The van der Waals surface area contributed by atoms with Crippen LogP contribution >= 0.6 is 0 Å². The second kappa shape index (κ2) is 9.61. The Labute approximate surface area is 148 Å². The van der Waals surface area contributed by atoms with Crippen molar-refractivity contribution in [1.82, 2.24) is 0 Å². The van der Waals surface area contributed by atoms with Gasteiger partial charge in [-0.05, 0) is 0 Å². The van der Waals surface area contributed by atoms with Crippen LogP contribution in [0, 0.1) is 0 Å². The molecule has 0 aromatic rings. The highest BCUT2D eigenvalue weighted by Crippen LogP contribution is 2.29. The van der Waals surface area contributed by atoms with E-state index in [1.165, 1.54) is 0 Å². The van der Waals surface area contributed by atoms with Crippen LogP contribution in [0.4, 0.5) is 4.39 Å². The van der Waals surface area contributed by atoms with Gasteiger partial charge in [0.2, 0.25) is 0 Å². The number of halogens is 1. The first-order valence-corrected chi connectivity index (χ1v) is 8.11. The van der Waals surface area contributed by atoms with Crippen LogP contribution in [0.5, 0.6) is 0 Å². The Kier molecular flexibility index (Phi) is 8.06.